The Morgan fingerprint density at radius 2 is 2.17 bits per heavy atom. The summed E-state index contributed by atoms with van der Waals surface area (Å²) in [7, 11) is 0. The van der Waals surface area contributed by atoms with Crippen molar-refractivity contribution in [3.63, 3.8) is 0 Å². The minimum Gasteiger partial charge on any atom is -0.329 e. The average Bonchev–Trinajstić information content (AvgIpc) is 2.94. The molecule has 2 aromatic heterocycles. The molecule has 2 rings (SSSR count). The molecule has 2 aromatic rings. The number of hydrogen-bond donors (Lipinski definition) is 1. The van der Waals surface area contributed by atoms with E-state index in [1.807, 2.05) is 26.2 Å². The van der Waals surface area contributed by atoms with E-state index < -0.39 is 0 Å². The van der Waals surface area contributed by atoms with E-state index in [1.165, 1.54) is 0 Å². The maximum Gasteiger partial charge on any atom is 0.322 e. The molecule has 2 heterocycles. The van der Waals surface area contributed by atoms with Crippen LogP contribution in [0.25, 0.3) is 0 Å². The number of anilines is 1. The second kappa shape index (κ2) is 5.48. The minimum atomic E-state index is 0.129. The molecule has 0 unspecified atom stereocenters. The summed E-state index contributed by atoms with van der Waals surface area (Å²) in [6.07, 6.45) is 0.923. The maximum absolute atomic E-state index is 5.19. The lowest BCUT2D eigenvalue weighted by molar-refractivity contribution is 0.415. The largest absolute Gasteiger partial charge is 0.329 e. The normalized spacial score (nSPS) is 12.9. The van der Waals surface area contributed by atoms with Crippen LogP contribution in [0.5, 0.6) is 0 Å². The fourth-order valence-electron chi connectivity index (χ4n) is 1.55. The van der Waals surface area contributed by atoms with Crippen LogP contribution in [-0.2, 0) is 0 Å². The van der Waals surface area contributed by atoms with Crippen LogP contribution in [0.2, 0.25) is 0 Å². The van der Waals surface area contributed by atoms with E-state index in [0.717, 1.165) is 22.9 Å². The number of aryl methyl sites for hydroxylation is 1. The van der Waals surface area contributed by atoms with Crippen molar-refractivity contribution < 1.29 is 4.52 Å². The summed E-state index contributed by atoms with van der Waals surface area (Å²) < 4.78 is 5.19. The first-order valence-electron chi connectivity index (χ1n) is 6.12. The first-order chi connectivity index (χ1) is 8.60. The van der Waals surface area contributed by atoms with Gasteiger partial charge in [-0.3, -0.25) is 0 Å². The molecule has 0 aliphatic carbocycles. The zero-order valence-corrected chi connectivity index (χ0v) is 11.9. The number of nitrogens with zero attached hydrogens (tertiary/aromatic N) is 3. The predicted octanol–water partition coefficient (Wildman–Crippen LogP) is 3.52. The van der Waals surface area contributed by atoms with Gasteiger partial charge < -0.3 is 9.84 Å². The van der Waals surface area contributed by atoms with Gasteiger partial charge >= 0.3 is 6.01 Å². The van der Waals surface area contributed by atoms with Gasteiger partial charge in [0.05, 0.1) is 6.04 Å². The third-order valence-corrected chi connectivity index (χ3v) is 3.68. The van der Waals surface area contributed by atoms with Crippen molar-refractivity contribution in [1.82, 2.24) is 15.1 Å². The van der Waals surface area contributed by atoms with Gasteiger partial charge in [-0.1, -0.05) is 25.9 Å². The Hall–Kier alpha value is -1.43. The van der Waals surface area contributed by atoms with Gasteiger partial charge in [0.25, 0.3) is 0 Å². The van der Waals surface area contributed by atoms with Gasteiger partial charge in [0.15, 0.2) is 5.82 Å². The highest BCUT2D eigenvalue weighted by Crippen LogP contribution is 2.25. The van der Waals surface area contributed by atoms with Crippen molar-refractivity contribution in [2.45, 2.75) is 46.1 Å². The fraction of sp³-hybridized carbons (Fsp3) is 0.583. The Balaban J connectivity index is 2.10. The molecular formula is C12H18N4OS. The summed E-state index contributed by atoms with van der Waals surface area (Å²) in [5.74, 6) is 0.995. The number of aromatic nitrogens is 3. The number of rotatable bonds is 5. The third kappa shape index (κ3) is 2.87. The summed E-state index contributed by atoms with van der Waals surface area (Å²) >= 11 is 1.65. The van der Waals surface area contributed by atoms with Crippen LogP contribution in [0.1, 0.15) is 55.7 Å². The van der Waals surface area contributed by atoms with Crippen molar-refractivity contribution in [3.05, 3.63) is 21.9 Å². The Morgan fingerprint density at radius 1 is 1.39 bits per heavy atom. The molecule has 0 fully saturated rings. The summed E-state index contributed by atoms with van der Waals surface area (Å²) in [6, 6.07) is 0.600. The molecule has 0 spiro atoms. The fourth-order valence-corrected chi connectivity index (χ4v) is 2.48. The van der Waals surface area contributed by atoms with E-state index >= 15 is 0 Å². The zero-order valence-electron chi connectivity index (χ0n) is 11.1. The lowest BCUT2D eigenvalue weighted by Crippen LogP contribution is -2.09. The van der Waals surface area contributed by atoms with Crippen LogP contribution in [0.15, 0.2) is 9.90 Å². The highest BCUT2D eigenvalue weighted by atomic mass is 32.1. The monoisotopic (exact) mass is 266 g/mol. The van der Waals surface area contributed by atoms with E-state index in [0.29, 0.717) is 6.01 Å². The molecule has 0 radical (unpaired) electrons. The van der Waals surface area contributed by atoms with Crippen LogP contribution in [0, 0.1) is 6.92 Å². The van der Waals surface area contributed by atoms with E-state index in [2.05, 4.69) is 27.4 Å². The van der Waals surface area contributed by atoms with Gasteiger partial charge in [-0.25, -0.2) is 4.98 Å². The molecule has 5 nitrogen and oxygen atoms in total. The molecule has 0 aliphatic heterocycles. The average molecular weight is 266 g/mol. The molecule has 6 heteroatoms. The lowest BCUT2D eigenvalue weighted by atomic mass is 10.2. The van der Waals surface area contributed by atoms with Crippen molar-refractivity contribution in [3.8, 4) is 0 Å². The zero-order chi connectivity index (χ0) is 13.1. The third-order valence-electron chi connectivity index (χ3n) is 2.60. The summed E-state index contributed by atoms with van der Waals surface area (Å²) in [5, 5.41) is 10.3. The van der Waals surface area contributed by atoms with Crippen LogP contribution >= 0.6 is 11.3 Å². The predicted molar refractivity (Wildman–Crippen MR) is 71.9 cm³/mol. The number of thiazole rings is 1. The smallest absolute Gasteiger partial charge is 0.322 e. The number of nitrogens with one attached hydrogen (secondary N) is 1. The SMILES string of the molecule is CC[C@@H](Nc1nc(C(C)C)no1)c1nc(C)cs1. The van der Waals surface area contributed by atoms with E-state index in [-0.39, 0.29) is 12.0 Å². The number of hydrogen-bond acceptors (Lipinski definition) is 6. The molecule has 1 N–H and O–H groups in total. The van der Waals surface area contributed by atoms with E-state index in [4.69, 9.17) is 4.52 Å². The molecule has 1 atom stereocenters. The highest BCUT2D eigenvalue weighted by Gasteiger charge is 2.17. The summed E-state index contributed by atoms with van der Waals surface area (Å²) in [5.41, 5.74) is 1.05. The molecule has 0 saturated carbocycles. The van der Waals surface area contributed by atoms with Gasteiger partial charge in [0, 0.05) is 17.0 Å². The molecule has 98 valence electrons. The second-order valence-corrected chi connectivity index (χ2v) is 5.43. The molecular weight excluding hydrogens is 248 g/mol. The van der Waals surface area contributed by atoms with Gasteiger partial charge in [-0.05, 0) is 13.3 Å². The van der Waals surface area contributed by atoms with Gasteiger partial charge in [0.2, 0.25) is 0 Å². The minimum absolute atomic E-state index is 0.129. The summed E-state index contributed by atoms with van der Waals surface area (Å²) in [6.45, 7) is 8.18. The van der Waals surface area contributed by atoms with Crippen molar-refractivity contribution in [2.75, 3.05) is 5.32 Å². The molecule has 0 aromatic carbocycles. The first-order valence-corrected chi connectivity index (χ1v) is 7.00. The lowest BCUT2D eigenvalue weighted by Gasteiger charge is -2.11. The molecule has 0 saturated heterocycles. The standard InChI is InChI=1S/C12H18N4OS/c1-5-9(11-13-8(4)6-18-11)14-12-15-10(7(2)3)16-17-12/h6-7,9H,5H2,1-4H3,(H,14,15,16)/t9-/m1/s1. The Kier molecular flexibility index (Phi) is 3.96. The Labute approximate surface area is 111 Å². The van der Waals surface area contributed by atoms with E-state index in [1.54, 1.807) is 11.3 Å². The topological polar surface area (TPSA) is 63.8 Å². The van der Waals surface area contributed by atoms with Crippen molar-refractivity contribution in [2.24, 2.45) is 0 Å². The highest BCUT2D eigenvalue weighted by molar-refractivity contribution is 7.09. The van der Waals surface area contributed by atoms with Gasteiger partial charge in [0.1, 0.15) is 5.01 Å². The Bertz CT molecular complexity index is 506. The van der Waals surface area contributed by atoms with Gasteiger partial charge in [-0.2, -0.15) is 4.98 Å². The molecule has 0 aliphatic rings. The molecule has 18 heavy (non-hydrogen) atoms. The van der Waals surface area contributed by atoms with Crippen LogP contribution in [-0.4, -0.2) is 15.1 Å². The van der Waals surface area contributed by atoms with Crippen molar-refractivity contribution in [1.29, 1.82) is 0 Å². The van der Waals surface area contributed by atoms with E-state index in [9.17, 15) is 0 Å². The molecule has 0 bridgehead atoms. The summed E-state index contributed by atoms with van der Waals surface area (Å²) in [4.78, 5) is 8.80. The van der Waals surface area contributed by atoms with Gasteiger partial charge in [-0.15, -0.1) is 11.3 Å². The first kappa shape index (κ1) is 13.0. The van der Waals surface area contributed by atoms with Crippen LogP contribution < -0.4 is 5.32 Å². The van der Waals surface area contributed by atoms with Crippen LogP contribution in [0.3, 0.4) is 0 Å². The molecule has 0 amide bonds. The Morgan fingerprint density at radius 3 is 2.67 bits per heavy atom. The second-order valence-electron chi connectivity index (χ2n) is 4.54. The van der Waals surface area contributed by atoms with Crippen molar-refractivity contribution >= 4 is 17.4 Å². The quantitative estimate of drug-likeness (QED) is 0.897. The maximum atomic E-state index is 5.19. The van der Waals surface area contributed by atoms with Crippen LogP contribution in [0.4, 0.5) is 6.01 Å².